The topological polar surface area (TPSA) is 89.4 Å². The van der Waals surface area contributed by atoms with E-state index in [1.54, 1.807) is 6.20 Å². The summed E-state index contributed by atoms with van der Waals surface area (Å²) in [5, 5.41) is 19.5. The van der Waals surface area contributed by atoms with E-state index in [1.165, 1.54) is 17.8 Å². The Balaban J connectivity index is 1.73. The van der Waals surface area contributed by atoms with Crippen molar-refractivity contribution in [2.45, 2.75) is 33.1 Å². The lowest BCUT2D eigenvalue weighted by atomic mass is 10.2. The predicted octanol–water partition coefficient (Wildman–Crippen LogP) is 4.04. The first kappa shape index (κ1) is 18.5. The summed E-state index contributed by atoms with van der Waals surface area (Å²) in [5.74, 6) is 0.112. The summed E-state index contributed by atoms with van der Waals surface area (Å²) >= 11 is 0. The van der Waals surface area contributed by atoms with Gasteiger partial charge in [-0.1, -0.05) is 26.3 Å². The summed E-state index contributed by atoms with van der Waals surface area (Å²) in [5.41, 5.74) is 3.06. The van der Waals surface area contributed by atoms with Crippen LogP contribution in [-0.4, -0.2) is 30.4 Å². The summed E-state index contributed by atoms with van der Waals surface area (Å²) in [6, 6.07) is 6.49. The molecule has 0 fully saturated rings. The van der Waals surface area contributed by atoms with Gasteiger partial charge in [-0.3, -0.25) is 4.98 Å². The molecule has 0 aliphatic rings. The van der Waals surface area contributed by atoms with E-state index in [0.29, 0.717) is 17.2 Å². The molecule has 3 heterocycles. The molecule has 0 unspecified atom stereocenters. The molecule has 3 aromatic heterocycles. The molecule has 0 saturated heterocycles. The van der Waals surface area contributed by atoms with Gasteiger partial charge >= 0.3 is 0 Å². The molecule has 7 nitrogen and oxygen atoms in total. The first-order valence-electron chi connectivity index (χ1n) is 8.81. The third-order valence-electron chi connectivity index (χ3n) is 3.70. The molecule has 0 aliphatic carbocycles. The van der Waals surface area contributed by atoms with E-state index in [2.05, 4.69) is 55.6 Å². The third-order valence-corrected chi connectivity index (χ3v) is 3.70. The van der Waals surface area contributed by atoms with Crippen LogP contribution in [0.1, 0.15) is 33.1 Å². The van der Waals surface area contributed by atoms with Crippen LogP contribution in [-0.2, 0) is 0 Å². The molecule has 0 amide bonds. The summed E-state index contributed by atoms with van der Waals surface area (Å²) in [6.07, 6.45) is 8.05. The van der Waals surface area contributed by atoms with Crippen LogP contribution in [0.25, 0.3) is 23.0 Å². The van der Waals surface area contributed by atoms with Gasteiger partial charge in [-0.25, -0.2) is 9.37 Å². The van der Waals surface area contributed by atoms with Gasteiger partial charge in [0.25, 0.3) is 0 Å². The number of pyridine rings is 2. The van der Waals surface area contributed by atoms with E-state index in [0.717, 1.165) is 31.1 Å². The van der Waals surface area contributed by atoms with Crippen LogP contribution in [0.4, 0.5) is 10.1 Å². The van der Waals surface area contributed by atoms with Crippen molar-refractivity contribution < 1.29 is 4.39 Å². The predicted molar refractivity (Wildman–Crippen MR) is 101 cm³/mol. The second kappa shape index (κ2) is 8.88. The van der Waals surface area contributed by atoms with Crippen LogP contribution in [0, 0.1) is 5.82 Å². The van der Waals surface area contributed by atoms with Gasteiger partial charge in [0.2, 0.25) is 11.6 Å². The molecule has 1 N–H and O–H groups in total. The highest BCUT2D eigenvalue weighted by Gasteiger charge is 2.09. The van der Waals surface area contributed by atoms with Gasteiger partial charge in [-0.05, 0) is 37.1 Å². The molecule has 0 saturated carbocycles. The number of halogens is 1. The number of anilines is 1. The molecule has 0 spiro atoms. The van der Waals surface area contributed by atoms with Crippen molar-refractivity contribution in [3.63, 3.8) is 0 Å². The fraction of sp³-hybridized carbons (Fsp3) is 0.263. The Kier molecular flexibility index (Phi) is 6.09. The van der Waals surface area contributed by atoms with E-state index >= 15 is 0 Å². The molecule has 0 aliphatic heterocycles. The van der Waals surface area contributed by atoms with Gasteiger partial charge in [-0.15, -0.1) is 20.4 Å². The molecule has 0 radical (unpaired) electrons. The molecule has 138 valence electrons. The zero-order chi connectivity index (χ0) is 19.1. The van der Waals surface area contributed by atoms with E-state index in [4.69, 9.17) is 0 Å². The lowest BCUT2D eigenvalue weighted by molar-refractivity contribution is 0.621. The first-order valence-corrected chi connectivity index (χ1v) is 8.81. The van der Waals surface area contributed by atoms with Crippen LogP contribution in [0.15, 0.2) is 48.4 Å². The second-order valence-corrected chi connectivity index (χ2v) is 5.85. The Labute approximate surface area is 156 Å². The normalized spacial score (nSPS) is 11.4. The van der Waals surface area contributed by atoms with Crippen LogP contribution < -0.4 is 5.32 Å². The Morgan fingerprint density at radius 2 is 1.56 bits per heavy atom. The van der Waals surface area contributed by atoms with Crippen LogP contribution in [0.5, 0.6) is 0 Å². The second-order valence-electron chi connectivity index (χ2n) is 5.85. The van der Waals surface area contributed by atoms with E-state index in [9.17, 15) is 4.39 Å². The summed E-state index contributed by atoms with van der Waals surface area (Å²) < 4.78 is 12.9. The number of nitrogens with one attached hydrogen (secondary N) is 1. The minimum Gasteiger partial charge on any atom is -0.358 e. The standard InChI is InChI=1S/C19H20FN7/c1-3-5-14(6-4-2)23-15-8-10-17(22-12-15)19-26-24-18(25-27-19)16-9-7-13(20)11-21-16/h5,7-12,23H,3-4,6H2,1-2H3/b14-5-. The van der Waals surface area contributed by atoms with Crippen LogP contribution >= 0.6 is 0 Å². The fourth-order valence-corrected chi connectivity index (χ4v) is 2.46. The lowest BCUT2D eigenvalue weighted by Crippen LogP contribution is -2.03. The number of allylic oxidation sites excluding steroid dienone is 2. The fourth-order valence-electron chi connectivity index (χ4n) is 2.46. The molecular weight excluding hydrogens is 345 g/mol. The van der Waals surface area contributed by atoms with E-state index in [1.807, 2.05) is 12.1 Å². The Bertz CT molecular complexity index is 891. The molecule has 3 aromatic rings. The molecule has 0 aromatic carbocycles. The van der Waals surface area contributed by atoms with Crippen molar-refractivity contribution >= 4 is 5.69 Å². The smallest absolute Gasteiger partial charge is 0.221 e. The largest absolute Gasteiger partial charge is 0.358 e. The van der Waals surface area contributed by atoms with Gasteiger partial charge in [0.15, 0.2) is 0 Å². The van der Waals surface area contributed by atoms with Crippen molar-refractivity contribution in [1.29, 1.82) is 0 Å². The van der Waals surface area contributed by atoms with Crippen molar-refractivity contribution in [1.82, 2.24) is 30.4 Å². The molecule has 27 heavy (non-hydrogen) atoms. The Morgan fingerprint density at radius 1 is 0.926 bits per heavy atom. The minimum absolute atomic E-state index is 0.228. The molecular formula is C19H20FN7. The molecule has 8 heteroatoms. The minimum atomic E-state index is -0.426. The van der Waals surface area contributed by atoms with Crippen molar-refractivity contribution in [2.75, 3.05) is 5.32 Å². The maximum Gasteiger partial charge on any atom is 0.221 e. The highest BCUT2D eigenvalue weighted by Crippen LogP contribution is 2.17. The maximum absolute atomic E-state index is 12.9. The summed E-state index contributed by atoms with van der Waals surface area (Å²) in [4.78, 5) is 8.29. The zero-order valence-corrected chi connectivity index (χ0v) is 15.2. The highest BCUT2D eigenvalue weighted by molar-refractivity contribution is 5.55. The lowest BCUT2D eigenvalue weighted by Gasteiger charge is -2.10. The van der Waals surface area contributed by atoms with Gasteiger partial charge in [0.1, 0.15) is 17.2 Å². The average molecular weight is 365 g/mol. The third kappa shape index (κ3) is 4.87. The number of hydrogen-bond donors (Lipinski definition) is 1. The number of rotatable bonds is 7. The van der Waals surface area contributed by atoms with Crippen LogP contribution in [0.3, 0.4) is 0 Å². The Morgan fingerprint density at radius 3 is 2.04 bits per heavy atom. The highest BCUT2D eigenvalue weighted by atomic mass is 19.1. The number of nitrogens with zero attached hydrogens (tertiary/aromatic N) is 6. The van der Waals surface area contributed by atoms with Crippen molar-refractivity contribution in [3.05, 3.63) is 54.2 Å². The number of hydrogen-bond acceptors (Lipinski definition) is 7. The van der Waals surface area contributed by atoms with E-state index < -0.39 is 5.82 Å². The van der Waals surface area contributed by atoms with E-state index in [-0.39, 0.29) is 5.82 Å². The summed E-state index contributed by atoms with van der Waals surface area (Å²) in [7, 11) is 0. The first-order chi connectivity index (χ1) is 13.2. The van der Waals surface area contributed by atoms with Crippen molar-refractivity contribution in [3.8, 4) is 23.0 Å². The quantitative estimate of drug-likeness (QED) is 0.676. The molecule has 0 atom stereocenters. The van der Waals surface area contributed by atoms with Gasteiger partial charge in [0.05, 0.1) is 18.1 Å². The van der Waals surface area contributed by atoms with Gasteiger partial charge in [0, 0.05) is 5.70 Å². The monoisotopic (exact) mass is 365 g/mol. The average Bonchev–Trinajstić information content (AvgIpc) is 2.70. The summed E-state index contributed by atoms with van der Waals surface area (Å²) in [6.45, 7) is 4.26. The maximum atomic E-state index is 12.9. The molecule has 3 rings (SSSR count). The van der Waals surface area contributed by atoms with Crippen LogP contribution in [0.2, 0.25) is 0 Å². The van der Waals surface area contributed by atoms with Gasteiger partial charge in [-0.2, -0.15) is 0 Å². The van der Waals surface area contributed by atoms with Crippen molar-refractivity contribution in [2.24, 2.45) is 0 Å². The number of aromatic nitrogens is 6. The Hall–Kier alpha value is -3.29. The molecule has 0 bridgehead atoms. The zero-order valence-electron chi connectivity index (χ0n) is 15.2. The van der Waals surface area contributed by atoms with Gasteiger partial charge < -0.3 is 5.32 Å². The SMILES string of the molecule is CC/C=C(/CCC)Nc1ccc(-c2nnc(-c3ccc(F)cn3)nn2)nc1.